The molecule has 1 spiro atoms. The van der Waals surface area contributed by atoms with E-state index in [1.807, 2.05) is 6.07 Å². The molecule has 5 aliphatic rings. The third-order valence-corrected chi connectivity index (χ3v) is 8.52. The Hall–Kier alpha value is -1.49. The van der Waals surface area contributed by atoms with Crippen molar-refractivity contribution in [3.05, 3.63) is 23.8 Å². The summed E-state index contributed by atoms with van der Waals surface area (Å²) in [6.45, 7) is 1.03. The van der Waals surface area contributed by atoms with Gasteiger partial charge >= 0.3 is 6.09 Å². The maximum absolute atomic E-state index is 13.6. The molecule has 4 heterocycles. The van der Waals surface area contributed by atoms with Gasteiger partial charge in [-0.3, -0.25) is 4.79 Å². The van der Waals surface area contributed by atoms with Crippen LogP contribution < -0.4 is 10.1 Å². The second-order valence-electron chi connectivity index (χ2n) is 9.90. The van der Waals surface area contributed by atoms with Crippen LogP contribution in [0.5, 0.6) is 5.75 Å². The first-order chi connectivity index (χ1) is 16.4. The monoisotopic (exact) mass is 548 g/mol. The smallest absolute Gasteiger partial charge is 0.410 e. The van der Waals surface area contributed by atoms with Crippen LogP contribution in [0.25, 0.3) is 0 Å². The first-order valence-corrected chi connectivity index (χ1v) is 12.6. The van der Waals surface area contributed by atoms with Crippen molar-refractivity contribution in [3.63, 3.8) is 0 Å². The van der Waals surface area contributed by atoms with Crippen LogP contribution in [0.15, 0.2) is 18.2 Å². The largest absolute Gasteiger partial charge is 0.497 e. The van der Waals surface area contributed by atoms with E-state index < -0.39 is 51.7 Å². The number of hydrogen-bond acceptors (Lipinski definition) is 7. The minimum Gasteiger partial charge on any atom is -0.497 e. The Labute approximate surface area is 217 Å². The Kier molecular flexibility index (Phi) is 6.14. The Morgan fingerprint density at radius 3 is 2.80 bits per heavy atom. The summed E-state index contributed by atoms with van der Waals surface area (Å²) in [6.07, 6.45) is -1.92. The van der Waals surface area contributed by atoms with Gasteiger partial charge in [0.1, 0.15) is 23.4 Å². The van der Waals surface area contributed by atoms with Crippen molar-refractivity contribution in [1.29, 1.82) is 0 Å². The number of β-amino-alcohol motifs (C(OH)–C–C–N with tert-alkyl or cyclic N) is 1. The average Bonchev–Trinajstić information content (AvgIpc) is 2.91. The minimum atomic E-state index is -1.82. The number of carbonyl (C=O) groups excluding carboxylic acids is 2. The average molecular weight is 550 g/mol. The molecule has 4 bridgehead atoms. The van der Waals surface area contributed by atoms with Gasteiger partial charge < -0.3 is 34.6 Å². The molecule has 6 rings (SSSR count). The van der Waals surface area contributed by atoms with Crippen molar-refractivity contribution in [2.45, 2.75) is 52.8 Å². The summed E-state index contributed by atoms with van der Waals surface area (Å²) in [7, 11) is 1.55. The summed E-state index contributed by atoms with van der Waals surface area (Å²) in [5.41, 5.74) is -1.37. The molecule has 1 aliphatic carbocycles. The summed E-state index contributed by atoms with van der Waals surface area (Å²) in [5, 5.41) is 25.2. The van der Waals surface area contributed by atoms with Crippen LogP contribution in [-0.2, 0) is 19.7 Å². The lowest BCUT2D eigenvalue weighted by Gasteiger charge is -2.54. The number of rotatable bonds is 3. The topological polar surface area (TPSA) is 118 Å². The van der Waals surface area contributed by atoms with Crippen molar-refractivity contribution < 1.29 is 34.0 Å². The van der Waals surface area contributed by atoms with E-state index in [1.54, 1.807) is 19.2 Å². The number of halogens is 3. The lowest BCUT2D eigenvalue weighted by molar-refractivity contribution is -0.202. The summed E-state index contributed by atoms with van der Waals surface area (Å²) in [5.74, 6) is -0.388. The molecule has 192 valence electrons. The number of fused-ring (bicyclic) bond motifs is 2. The number of aliphatic hydroxyl groups is 2. The Balaban J connectivity index is 1.60. The Morgan fingerprint density at radius 2 is 2.14 bits per heavy atom. The molecule has 7 atom stereocenters. The minimum absolute atomic E-state index is 0.185. The van der Waals surface area contributed by atoms with E-state index in [-0.39, 0.29) is 31.4 Å². The van der Waals surface area contributed by atoms with Gasteiger partial charge in [0.25, 0.3) is 0 Å². The van der Waals surface area contributed by atoms with E-state index in [2.05, 4.69) is 5.32 Å². The fourth-order valence-corrected chi connectivity index (χ4v) is 6.63. The lowest BCUT2D eigenvalue weighted by atomic mass is 9.67. The summed E-state index contributed by atoms with van der Waals surface area (Å²) >= 11 is 17.3. The number of hydrogen-bond donors (Lipinski definition) is 3. The lowest BCUT2D eigenvalue weighted by Crippen LogP contribution is -2.68. The second-order valence-corrected chi connectivity index (χ2v) is 12.4. The number of carbonyl (C=O) groups is 2. The first-order valence-electron chi connectivity index (χ1n) is 11.4. The number of nitrogens with zero attached hydrogens (tertiary/aromatic N) is 1. The molecular weight excluding hydrogens is 523 g/mol. The van der Waals surface area contributed by atoms with Crippen LogP contribution in [0.3, 0.4) is 0 Å². The van der Waals surface area contributed by atoms with Crippen LogP contribution in [0.1, 0.15) is 25.3 Å². The first kappa shape index (κ1) is 25.2. The van der Waals surface area contributed by atoms with Crippen molar-refractivity contribution in [2.24, 2.45) is 11.8 Å². The highest BCUT2D eigenvalue weighted by Gasteiger charge is 2.67. The van der Waals surface area contributed by atoms with E-state index in [0.717, 1.165) is 5.56 Å². The molecular formula is C23H27Cl3N2O7. The van der Waals surface area contributed by atoms with Gasteiger partial charge in [-0.05, 0) is 31.4 Å². The zero-order valence-electron chi connectivity index (χ0n) is 19.2. The number of piperidine rings is 1. The van der Waals surface area contributed by atoms with E-state index in [1.165, 1.54) is 11.8 Å². The van der Waals surface area contributed by atoms with Crippen LogP contribution in [0.2, 0.25) is 0 Å². The molecule has 1 aromatic rings. The highest BCUT2D eigenvalue weighted by atomic mass is 35.6. The zero-order chi connectivity index (χ0) is 25.3. The quantitative estimate of drug-likeness (QED) is 0.496. The van der Waals surface area contributed by atoms with E-state index >= 15 is 0 Å². The van der Waals surface area contributed by atoms with Gasteiger partial charge in [0.15, 0.2) is 0 Å². The fraction of sp³-hybridized carbons (Fsp3) is 0.652. The molecule has 0 radical (unpaired) electrons. The molecule has 1 aromatic carbocycles. The van der Waals surface area contributed by atoms with Gasteiger partial charge in [0, 0.05) is 29.6 Å². The Morgan fingerprint density at radius 1 is 1.40 bits per heavy atom. The summed E-state index contributed by atoms with van der Waals surface area (Å²) in [6, 6.07) is 4.85. The van der Waals surface area contributed by atoms with Crippen LogP contribution >= 0.6 is 34.8 Å². The van der Waals surface area contributed by atoms with Gasteiger partial charge in [0.2, 0.25) is 9.70 Å². The van der Waals surface area contributed by atoms with Crippen LogP contribution in [0.4, 0.5) is 10.5 Å². The molecule has 3 saturated heterocycles. The number of aliphatic hydroxyl groups excluding tert-OH is 1. The highest BCUT2D eigenvalue weighted by molar-refractivity contribution is 6.67. The molecule has 9 nitrogen and oxygen atoms in total. The number of amides is 2. The van der Waals surface area contributed by atoms with Gasteiger partial charge in [-0.25, -0.2) is 4.79 Å². The number of likely N-dealkylation sites (tertiary alicyclic amines) is 1. The van der Waals surface area contributed by atoms with Gasteiger partial charge in [0.05, 0.1) is 32.5 Å². The molecule has 12 heteroatoms. The Bertz CT molecular complexity index is 1050. The van der Waals surface area contributed by atoms with Crippen molar-refractivity contribution >= 4 is 52.5 Å². The second kappa shape index (κ2) is 8.53. The summed E-state index contributed by atoms with van der Waals surface area (Å²) < 4.78 is 15.0. The fourth-order valence-electron chi connectivity index (χ4n) is 6.47. The van der Waals surface area contributed by atoms with Crippen molar-refractivity contribution in [1.82, 2.24) is 4.90 Å². The van der Waals surface area contributed by atoms with E-state index in [4.69, 9.17) is 49.0 Å². The number of benzene rings is 1. The van der Waals surface area contributed by atoms with Crippen LogP contribution in [-0.4, -0.2) is 81.6 Å². The van der Waals surface area contributed by atoms with E-state index in [0.29, 0.717) is 17.9 Å². The SMILES string of the molecule is COc1ccc2c(c1)NC(=O)[C@@]21C[C@H]2C3CO[C@H]1C[C@H]3[C@](O)([C@H](C)O)CN2C(=O)OCC(Cl)(Cl)Cl. The molecule has 1 saturated carbocycles. The van der Waals surface area contributed by atoms with Gasteiger partial charge in [-0.2, -0.15) is 0 Å². The van der Waals surface area contributed by atoms with Crippen molar-refractivity contribution in [2.75, 3.05) is 32.2 Å². The normalized spacial score (nSPS) is 36.4. The third-order valence-electron chi connectivity index (χ3n) is 8.19. The number of ether oxygens (including phenoxy) is 3. The van der Waals surface area contributed by atoms with Gasteiger partial charge in [-0.15, -0.1) is 0 Å². The molecule has 3 N–H and O–H groups in total. The predicted octanol–water partition coefficient (Wildman–Crippen LogP) is 2.61. The molecule has 4 aliphatic heterocycles. The number of nitrogens with one attached hydrogen (secondary N) is 1. The number of anilines is 1. The maximum Gasteiger partial charge on any atom is 0.410 e. The molecule has 1 unspecified atom stereocenters. The van der Waals surface area contributed by atoms with Crippen LogP contribution in [0, 0.1) is 11.8 Å². The molecule has 0 aromatic heterocycles. The van der Waals surface area contributed by atoms with Gasteiger partial charge in [-0.1, -0.05) is 40.9 Å². The third kappa shape index (κ3) is 3.86. The standard InChI is InChI=1S/C23H27Cl3N2O7/c1-11(29)22(32)9-28(20(31)35-10-23(24,25)26)17-7-21(18-6-15(22)13(17)8-34-18)14-4-3-12(33-2)5-16(14)27-19(21)30/h3-5,11,13,15,17-18,29,32H,6-10H2,1-2H3,(H,27,30)/t11-,13?,15+,17-,18-,21-,22+/m0/s1. The maximum atomic E-state index is 13.6. The molecule has 4 fully saturated rings. The number of alkyl halides is 3. The van der Waals surface area contributed by atoms with Crippen molar-refractivity contribution in [3.8, 4) is 5.75 Å². The zero-order valence-corrected chi connectivity index (χ0v) is 21.4. The van der Waals surface area contributed by atoms with E-state index in [9.17, 15) is 19.8 Å². The predicted molar refractivity (Wildman–Crippen MR) is 128 cm³/mol. The summed E-state index contributed by atoms with van der Waals surface area (Å²) in [4.78, 5) is 28.2. The molecule has 35 heavy (non-hydrogen) atoms. The highest BCUT2D eigenvalue weighted by Crippen LogP contribution is 2.57. The molecule has 2 amide bonds. The number of methoxy groups -OCH3 is 1.